The Kier molecular flexibility index (Phi) is 13.4. The molecular weight excluding hydrogens is 368 g/mol. The van der Waals surface area contributed by atoms with Gasteiger partial charge in [-0.2, -0.15) is 0 Å². The maximum Gasteiger partial charge on any atom is 0.115 e. The molecule has 1 unspecified atom stereocenters. The molecule has 0 saturated carbocycles. The fourth-order valence-corrected chi connectivity index (χ4v) is 5.17. The zero-order chi connectivity index (χ0) is 22.4. The van der Waals surface area contributed by atoms with Gasteiger partial charge in [0.15, 0.2) is 0 Å². The van der Waals surface area contributed by atoms with Crippen molar-refractivity contribution < 1.29 is 9.84 Å². The van der Waals surface area contributed by atoms with Crippen LogP contribution in [0.5, 0.6) is 5.75 Å². The lowest BCUT2D eigenvalue weighted by Crippen LogP contribution is -2.44. The van der Waals surface area contributed by atoms with E-state index in [1.165, 1.54) is 56.9 Å². The van der Waals surface area contributed by atoms with Gasteiger partial charge in [-0.3, -0.25) is 0 Å². The van der Waals surface area contributed by atoms with E-state index in [9.17, 15) is 5.11 Å². The third-order valence-corrected chi connectivity index (χ3v) is 6.31. The maximum absolute atomic E-state index is 9.62. The molecule has 1 aromatic carbocycles. The molecule has 1 N–H and O–H groups in total. The van der Waals surface area contributed by atoms with E-state index in [0.717, 1.165) is 25.9 Å². The number of hydrogen-bond donors (Lipinski definition) is 1. The third-order valence-electron chi connectivity index (χ3n) is 6.31. The number of aromatic hydroxyl groups is 1. The second kappa shape index (κ2) is 14.9. The van der Waals surface area contributed by atoms with E-state index in [1.54, 1.807) is 0 Å². The summed E-state index contributed by atoms with van der Waals surface area (Å²) in [7, 11) is 0. The summed E-state index contributed by atoms with van der Waals surface area (Å²) in [6.07, 6.45) is 13.9. The van der Waals surface area contributed by atoms with Gasteiger partial charge in [0, 0.05) is 6.61 Å². The monoisotopic (exact) mass is 418 g/mol. The van der Waals surface area contributed by atoms with Gasteiger partial charge in [-0.05, 0) is 74.5 Å². The minimum absolute atomic E-state index is 0.0164. The van der Waals surface area contributed by atoms with Crippen molar-refractivity contribution in [2.75, 3.05) is 6.61 Å². The van der Waals surface area contributed by atoms with Crippen molar-refractivity contribution in [1.29, 1.82) is 0 Å². The highest BCUT2D eigenvalue weighted by molar-refractivity contribution is 5.26. The topological polar surface area (TPSA) is 29.5 Å². The Morgan fingerprint density at radius 2 is 1.37 bits per heavy atom. The minimum atomic E-state index is -0.0164. The quantitative estimate of drug-likeness (QED) is 0.257. The van der Waals surface area contributed by atoms with Crippen molar-refractivity contribution in [3.05, 3.63) is 29.8 Å². The number of aryl methyl sites for hydroxylation is 1. The summed E-state index contributed by atoms with van der Waals surface area (Å²) >= 11 is 0. The largest absolute Gasteiger partial charge is 0.508 e. The zero-order valence-corrected chi connectivity index (χ0v) is 20.9. The Labute approximate surface area is 187 Å². The number of hydrogen-bond acceptors (Lipinski definition) is 2. The molecule has 0 aliphatic heterocycles. The Hall–Kier alpha value is -1.02. The van der Waals surface area contributed by atoms with E-state index in [2.05, 4.69) is 53.7 Å². The molecule has 1 atom stereocenters. The summed E-state index contributed by atoms with van der Waals surface area (Å²) in [5, 5.41) is 9.62. The van der Waals surface area contributed by atoms with E-state index < -0.39 is 0 Å². The van der Waals surface area contributed by atoms with Crippen molar-refractivity contribution in [1.82, 2.24) is 0 Å². The number of phenols is 1. The molecule has 0 saturated heterocycles. The highest BCUT2D eigenvalue weighted by atomic mass is 16.5. The summed E-state index contributed by atoms with van der Waals surface area (Å²) in [5.74, 6) is 2.21. The van der Waals surface area contributed by atoms with Crippen molar-refractivity contribution >= 4 is 0 Å². The van der Waals surface area contributed by atoms with Crippen LogP contribution in [0.4, 0.5) is 0 Å². The number of phenolic OH excluding ortho intramolecular Hbond substituents is 1. The molecule has 174 valence electrons. The second-order valence-corrected chi connectivity index (χ2v) is 10.2. The molecule has 2 heteroatoms. The van der Waals surface area contributed by atoms with Gasteiger partial charge in [-0.25, -0.2) is 0 Å². The van der Waals surface area contributed by atoms with Gasteiger partial charge >= 0.3 is 0 Å². The number of rotatable bonds is 17. The summed E-state index contributed by atoms with van der Waals surface area (Å²) < 4.78 is 6.68. The summed E-state index contributed by atoms with van der Waals surface area (Å²) in [6, 6.07) is 7.78. The fourth-order valence-electron chi connectivity index (χ4n) is 5.17. The first-order valence-corrected chi connectivity index (χ1v) is 12.7. The molecule has 0 amide bonds. The average molecular weight is 419 g/mol. The molecule has 0 fully saturated rings. The van der Waals surface area contributed by atoms with Gasteiger partial charge in [0.2, 0.25) is 0 Å². The molecule has 1 rings (SSSR count). The van der Waals surface area contributed by atoms with E-state index in [4.69, 9.17) is 4.74 Å². The first-order valence-electron chi connectivity index (χ1n) is 12.7. The zero-order valence-electron chi connectivity index (χ0n) is 20.9. The van der Waals surface area contributed by atoms with Crippen LogP contribution in [-0.4, -0.2) is 17.3 Å². The van der Waals surface area contributed by atoms with E-state index in [0.29, 0.717) is 23.5 Å². The average Bonchev–Trinajstić information content (AvgIpc) is 2.67. The Morgan fingerprint density at radius 3 is 1.90 bits per heavy atom. The maximum atomic E-state index is 9.62. The Morgan fingerprint density at radius 1 is 0.800 bits per heavy atom. The SMILES string of the molecule is CCCCCCCCC(CCc1ccc(O)cc1)C(CC(C)C)(CC(C)C)OCC. The molecule has 0 heterocycles. The van der Waals surface area contributed by atoms with Gasteiger partial charge < -0.3 is 9.84 Å². The molecule has 0 spiro atoms. The van der Waals surface area contributed by atoms with Crippen LogP contribution in [0, 0.1) is 17.8 Å². The predicted molar refractivity (Wildman–Crippen MR) is 131 cm³/mol. The third kappa shape index (κ3) is 10.3. The normalized spacial score (nSPS) is 13.3. The van der Waals surface area contributed by atoms with Crippen molar-refractivity contribution in [2.24, 2.45) is 17.8 Å². The van der Waals surface area contributed by atoms with E-state index in [1.807, 2.05) is 12.1 Å². The lowest BCUT2D eigenvalue weighted by Gasteiger charge is -2.44. The van der Waals surface area contributed by atoms with E-state index >= 15 is 0 Å². The van der Waals surface area contributed by atoms with Gasteiger partial charge in [0.1, 0.15) is 5.75 Å². The second-order valence-electron chi connectivity index (χ2n) is 10.2. The van der Waals surface area contributed by atoms with Crippen LogP contribution in [0.3, 0.4) is 0 Å². The van der Waals surface area contributed by atoms with Crippen LogP contribution in [0.1, 0.15) is 111 Å². The molecule has 30 heavy (non-hydrogen) atoms. The van der Waals surface area contributed by atoms with Crippen molar-refractivity contribution in [2.45, 2.75) is 118 Å². The Balaban J connectivity index is 2.96. The summed E-state index contributed by atoms with van der Waals surface area (Å²) in [6.45, 7) is 14.6. The number of benzene rings is 1. The first kappa shape index (κ1) is 27.0. The molecular formula is C28H50O2. The first-order chi connectivity index (χ1) is 14.3. The highest BCUT2D eigenvalue weighted by Gasteiger charge is 2.39. The molecule has 2 nitrogen and oxygen atoms in total. The van der Waals surface area contributed by atoms with Crippen LogP contribution in [0.2, 0.25) is 0 Å². The summed E-state index contributed by atoms with van der Waals surface area (Å²) in [4.78, 5) is 0. The van der Waals surface area contributed by atoms with Crippen LogP contribution >= 0.6 is 0 Å². The number of unbranched alkanes of at least 4 members (excludes halogenated alkanes) is 5. The highest BCUT2D eigenvalue weighted by Crippen LogP contribution is 2.41. The molecule has 0 aliphatic carbocycles. The number of ether oxygens (including phenoxy) is 1. The van der Waals surface area contributed by atoms with Gasteiger partial charge in [-0.15, -0.1) is 0 Å². The van der Waals surface area contributed by atoms with Crippen molar-refractivity contribution in [3.8, 4) is 5.75 Å². The van der Waals surface area contributed by atoms with Crippen LogP contribution < -0.4 is 0 Å². The van der Waals surface area contributed by atoms with Crippen LogP contribution in [-0.2, 0) is 11.2 Å². The molecule has 0 aromatic heterocycles. The summed E-state index contributed by atoms with van der Waals surface area (Å²) in [5.41, 5.74) is 1.30. The fraction of sp³-hybridized carbons (Fsp3) is 0.786. The standard InChI is InChI=1S/C28H50O2/c1-7-9-10-11-12-13-14-26(18-15-25-16-19-27(29)20-17-25)28(30-8-2,21-23(3)4)22-24(5)6/h16-17,19-20,23-24,26,29H,7-15,18,21-22H2,1-6H3. The lowest BCUT2D eigenvalue weighted by molar-refractivity contribution is -0.112. The van der Waals surface area contributed by atoms with E-state index in [-0.39, 0.29) is 5.60 Å². The predicted octanol–water partition coefficient (Wildman–Crippen LogP) is 8.56. The van der Waals surface area contributed by atoms with Crippen LogP contribution in [0.15, 0.2) is 24.3 Å². The molecule has 0 radical (unpaired) electrons. The Bertz CT molecular complexity index is 522. The van der Waals surface area contributed by atoms with Crippen molar-refractivity contribution in [3.63, 3.8) is 0 Å². The van der Waals surface area contributed by atoms with Gasteiger partial charge in [0.05, 0.1) is 5.60 Å². The minimum Gasteiger partial charge on any atom is -0.508 e. The van der Waals surface area contributed by atoms with Gasteiger partial charge in [-0.1, -0.05) is 85.3 Å². The molecule has 1 aromatic rings. The lowest BCUT2D eigenvalue weighted by atomic mass is 9.71. The molecule has 0 bridgehead atoms. The molecule has 0 aliphatic rings. The van der Waals surface area contributed by atoms with Gasteiger partial charge in [0.25, 0.3) is 0 Å². The smallest absolute Gasteiger partial charge is 0.115 e. The van der Waals surface area contributed by atoms with Crippen LogP contribution in [0.25, 0.3) is 0 Å².